The van der Waals surface area contributed by atoms with E-state index in [-0.39, 0.29) is 18.1 Å². The van der Waals surface area contributed by atoms with Crippen molar-refractivity contribution in [2.24, 2.45) is 0 Å². The van der Waals surface area contributed by atoms with Gasteiger partial charge in [-0.25, -0.2) is 4.98 Å². The topological polar surface area (TPSA) is 99.3 Å². The van der Waals surface area contributed by atoms with Gasteiger partial charge in [-0.3, -0.25) is 14.9 Å². The lowest BCUT2D eigenvalue weighted by Gasteiger charge is -2.08. The van der Waals surface area contributed by atoms with Crippen LogP contribution in [0, 0.1) is 10.1 Å². The van der Waals surface area contributed by atoms with Crippen LogP contribution in [0.4, 0.5) is 11.4 Å². The molecule has 25 heavy (non-hydrogen) atoms. The quantitative estimate of drug-likeness (QED) is 0.549. The number of imidazole rings is 1. The number of benzene rings is 2. The van der Waals surface area contributed by atoms with Gasteiger partial charge in [0, 0.05) is 18.9 Å². The number of rotatable bonds is 6. The van der Waals surface area contributed by atoms with Crippen molar-refractivity contribution in [2.75, 3.05) is 12.4 Å². The normalized spacial score (nSPS) is 10.8. The largest absolute Gasteiger partial charge is 0.380 e. The molecule has 0 aliphatic rings. The van der Waals surface area contributed by atoms with Crippen LogP contribution in [0.1, 0.15) is 5.56 Å². The summed E-state index contributed by atoms with van der Waals surface area (Å²) in [6.45, 7) is 0.373. The van der Waals surface area contributed by atoms with Crippen LogP contribution in [0.2, 0.25) is 0 Å². The third kappa shape index (κ3) is 3.64. The summed E-state index contributed by atoms with van der Waals surface area (Å²) in [5.74, 6) is -0.299. The van der Waals surface area contributed by atoms with Crippen LogP contribution in [0.3, 0.4) is 0 Å². The Labute approximate surface area is 143 Å². The van der Waals surface area contributed by atoms with E-state index in [1.54, 1.807) is 25.3 Å². The second-order valence-corrected chi connectivity index (χ2v) is 5.46. The molecule has 3 rings (SSSR count). The highest BCUT2D eigenvalue weighted by Gasteiger charge is 2.17. The minimum Gasteiger partial charge on any atom is -0.380 e. The molecule has 0 bridgehead atoms. The van der Waals surface area contributed by atoms with E-state index in [2.05, 4.69) is 10.3 Å². The summed E-state index contributed by atoms with van der Waals surface area (Å²) < 4.78 is 6.54. The van der Waals surface area contributed by atoms with Crippen molar-refractivity contribution in [3.8, 4) is 0 Å². The second kappa shape index (κ2) is 7.10. The predicted octanol–water partition coefficient (Wildman–Crippen LogP) is 2.73. The fourth-order valence-electron chi connectivity index (χ4n) is 2.64. The molecule has 8 heteroatoms. The summed E-state index contributed by atoms with van der Waals surface area (Å²) in [6.07, 6.45) is 1.43. The van der Waals surface area contributed by atoms with Crippen LogP contribution < -0.4 is 5.32 Å². The molecule has 1 N–H and O–H groups in total. The number of para-hydroxylation sites is 1. The molecule has 1 heterocycles. The van der Waals surface area contributed by atoms with Crippen molar-refractivity contribution in [2.45, 2.75) is 13.2 Å². The molecule has 0 saturated heterocycles. The van der Waals surface area contributed by atoms with Crippen molar-refractivity contribution in [3.63, 3.8) is 0 Å². The number of hydrogen-bond acceptors (Lipinski definition) is 5. The maximum absolute atomic E-state index is 12.3. The summed E-state index contributed by atoms with van der Waals surface area (Å²) in [5, 5.41) is 14.0. The number of nitrogens with zero attached hydrogens (tertiary/aromatic N) is 3. The van der Waals surface area contributed by atoms with Gasteiger partial charge in [-0.15, -0.1) is 0 Å². The van der Waals surface area contributed by atoms with Crippen LogP contribution in [0.15, 0.2) is 48.8 Å². The van der Waals surface area contributed by atoms with Crippen LogP contribution in [0.25, 0.3) is 11.0 Å². The van der Waals surface area contributed by atoms with Crippen LogP contribution in [-0.2, 0) is 22.7 Å². The van der Waals surface area contributed by atoms with Crippen molar-refractivity contribution in [1.29, 1.82) is 0 Å². The molecule has 0 fully saturated rings. The van der Waals surface area contributed by atoms with Crippen molar-refractivity contribution in [3.05, 3.63) is 64.5 Å². The van der Waals surface area contributed by atoms with E-state index in [4.69, 9.17) is 4.74 Å². The Kier molecular flexibility index (Phi) is 4.71. The molecule has 0 aliphatic heterocycles. The molecular weight excluding hydrogens is 324 g/mol. The third-order valence-electron chi connectivity index (χ3n) is 3.65. The lowest BCUT2D eigenvalue weighted by Crippen LogP contribution is -2.18. The monoisotopic (exact) mass is 340 g/mol. The Morgan fingerprint density at radius 1 is 1.32 bits per heavy atom. The summed E-state index contributed by atoms with van der Waals surface area (Å²) in [5.41, 5.74) is 2.30. The highest BCUT2D eigenvalue weighted by Crippen LogP contribution is 2.24. The van der Waals surface area contributed by atoms with Crippen LogP contribution >= 0.6 is 0 Å². The number of nitro benzene ring substituents is 1. The lowest BCUT2D eigenvalue weighted by atomic mass is 10.2. The molecule has 0 spiro atoms. The highest BCUT2D eigenvalue weighted by atomic mass is 16.6. The Balaban J connectivity index is 1.81. The number of non-ortho nitro benzene ring substituents is 1. The van der Waals surface area contributed by atoms with E-state index in [1.165, 1.54) is 17.0 Å². The number of nitro groups is 1. The first-order chi connectivity index (χ1) is 12.1. The zero-order chi connectivity index (χ0) is 17.8. The second-order valence-electron chi connectivity index (χ2n) is 5.46. The Bertz CT molecular complexity index is 935. The smallest absolute Gasteiger partial charge is 0.295 e. The molecule has 0 aliphatic carbocycles. The van der Waals surface area contributed by atoms with Gasteiger partial charge in [0.25, 0.3) is 5.69 Å². The van der Waals surface area contributed by atoms with Crippen LogP contribution in [0.5, 0.6) is 0 Å². The van der Waals surface area contributed by atoms with Gasteiger partial charge in [0.2, 0.25) is 5.91 Å². The number of carbonyl (C=O) groups excluding carboxylic acids is 1. The maximum Gasteiger partial charge on any atom is 0.295 e. The summed E-state index contributed by atoms with van der Waals surface area (Å²) in [4.78, 5) is 27.1. The first kappa shape index (κ1) is 16.6. The number of nitrogens with one attached hydrogen (secondary N) is 1. The molecule has 0 atom stereocenters. The molecule has 0 saturated carbocycles. The average Bonchev–Trinajstić information content (AvgIpc) is 2.98. The number of fused-ring (bicyclic) bond motifs is 1. The van der Waals surface area contributed by atoms with E-state index >= 15 is 0 Å². The number of anilines is 1. The third-order valence-corrected chi connectivity index (χ3v) is 3.65. The molecular formula is C17H16N4O4. The van der Waals surface area contributed by atoms with Crippen molar-refractivity contribution < 1.29 is 14.5 Å². The summed E-state index contributed by atoms with van der Waals surface area (Å²) in [7, 11) is 1.60. The Hall–Kier alpha value is -3.26. The van der Waals surface area contributed by atoms with Gasteiger partial charge in [-0.05, 0) is 23.8 Å². The fourth-order valence-corrected chi connectivity index (χ4v) is 2.64. The first-order valence-corrected chi connectivity index (χ1v) is 7.54. The lowest BCUT2D eigenvalue weighted by molar-refractivity contribution is -0.383. The number of aromatic nitrogens is 2. The van der Waals surface area contributed by atoms with E-state index in [1.807, 2.05) is 18.2 Å². The minimum absolute atomic E-state index is 0.0736. The minimum atomic E-state index is -0.480. The standard InChI is InChI=1S/C17H16N4O4/c1-25-10-12-4-2-5-13(8-12)19-16(22)9-20-11-18-14-6-3-7-15(17(14)20)21(23)24/h2-8,11H,9-10H2,1H3,(H,19,22). The van der Waals surface area contributed by atoms with Crippen LogP contribution in [-0.4, -0.2) is 27.5 Å². The Morgan fingerprint density at radius 2 is 2.12 bits per heavy atom. The van der Waals surface area contributed by atoms with Gasteiger partial charge in [0.1, 0.15) is 12.1 Å². The van der Waals surface area contributed by atoms with E-state index in [9.17, 15) is 14.9 Å². The van der Waals surface area contributed by atoms with Gasteiger partial charge in [0.15, 0.2) is 0 Å². The number of methoxy groups -OCH3 is 1. The van der Waals surface area contributed by atoms with Crippen molar-refractivity contribution >= 4 is 28.3 Å². The molecule has 1 amide bonds. The van der Waals surface area contributed by atoms with Gasteiger partial charge >= 0.3 is 0 Å². The molecule has 128 valence electrons. The molecule has 8 nitrogen and oxygen atoms in total. The predicted molar refractivity (Wildman–Crippen MR) is 92.2 cm³/mol. The zero-order valence-corrected chi connectivity index (χ0v) is 13.5. The van der Waals surface area contributed by atoms with Gasteiger partial charge in [-0.1, -0.05) is 18.2 Å². The summed E-state index contributed by atoms with van der Waals surface area (Å²) >= 11 is 0. The maximum atomic E-state index is 12.3. The zero-order valence-electron chi connectivity index (χ0n) is 13.5. The highest BCUT2D eigenvalue weighted by molar-refractivity contribution is 5.92. The molecule has 1 aromatic heterocycles. The number of ether oxygens (including phenoxy) is 1. The fraction of sp³-hybridized carbons (Fsp3) is 0.176. The molecule has 0 unspecified atom stereocenters. The van der Waals surface area contributed by atoms with Gasteiger partial charge in [0.05, 0.1) is 23.4 Å². The van der Waals surface area contributed by atoms with Gasteiger partial charge in [-0.2, -0.15) is 0 Å². The molecule has 0 radical (unpaired) electrons. The Morgan fingerprint density at radius 3 is 2.88 bits per heavy atom. The number of hydrogen-bond donors (Lipinski definition) is 1. The summed E-state index contributed by atoms with van der Waals surface area (Å²) in [6, 6.07) is 11.9. The number of carbonyl (C=O) groups is 1. The van der Waals surface area contributed by atoms with E-state index in [0.29, 0.717) is 23.3 Å². The SMILES string of the molecule is COCc1cccc(NC(=O)Cn2cnc3cccc([N+](=O)[O-])c32)c1. The van der Waals surface area contributed by atoms with E-state index < -0.39 is 4.92 Å². The molecule has 3 aromatic rings. The van der Waals surface area contributed by atoms with Crippen molar-refractivity contribution in [1.82, 2.24) is 9.55 Å². The first-order valence-electron chi connectivity index (χ1n) is 7.54. The van der Waals surface area contributed by atoms with Gasteiger partial charge < -0.3 is 14.6 Å². The average molecular weight is 340 g/mol. The molecule has 2 aromatic carbocycles. The number of amides is 1. The van der Waals surface area contributed by atoms with E-state index in [0.717, 1.165) is 5.56 Å².